The summed E-state index contributed by atoms with van der Waals surface area (Å²) in [7, 11) is 0. The van der Waals surface area contributed by atoms with Crippen LogP contribution in [0.5, 0.6) is 5.88 Å². The molecule has 0 saturated carbocycles. The first-order valence-corrected chi connectivity index (χ1v) is 7.01. The molecule has 0 aliphatic rings. The quantitative estimate of drug-likeness (QED) is 0.214. The molecule has 2 rings (SSSR count). The van der Waals surface area contributed by atoms with E-state index in [2.05, 4.69) is 41.2 Å². The van der Waals surface area contributed by atoms with Crippen molar-refractivity contribution in [2.24, 2.45) is 4.99 Å². The average Bonchev–Trinajstić information content (AvgIpc) is 3.01. The third-order valence-electron chi connectivity index (χ3n) is 2.50. The Morgan fingerprint density at radius 1 is 1.52 bits per heavy atom. The number of amidine groups is 1. The first-order chi connectivity index (χ1) is 11.2. The summed E-state index contributed by atoms with van der Waals surface area (Å²) in [5.74, 6) is -0.584. The second kappa shape index (κ2) is 8.19. The Morgan fingerprint density at radius 3 is 3.04 bits per heavy atom. The summed E-state index contributed by atoms with van der Waals surface area (Å²) < 4.78 is 23.2. The molecule has 0 unspecified atom stereocenters. The SMILES string of the molecule is O=CNCCOc1nonc1C(=Nc1ccc(F)c(Br)c1)NO. The Kier molecular flexibility index (Phi) is 6.00. The molecule has 1 aromatic carbocycles. The third-order valence-corrected chi connectivity index (χ3v) is 3.11. The molecule has 3 N–H and O–H groups in total. The lowest BCUT2D eigenvalue weighted by Gasteiger charge is -2.05. The third kappa shape index (κ3) is 4.47. The van der Waals surface area contributed by atoms with Crippen molar-refractivity contribution in [3.8, 4) is 5.88 Å². The van der Waals surface area contributed by atoms with Gasteiger partial charge in [-0.1, -0.05) is 0 Å². The maximum absolute atomic E-state index is 13.2. The van der Waals surface area contributed by atoms with E-state index >= 15 is 0 Å². The fraction of sp³-hybridized carbons (Fsp3) is 0.167. The van der Waals surface area contributed by atoms with Gasteiger partial charge in [-0.2, -0.15) is 0 Å². The van der Waals surface area contributed by atoms with Crippen molar-refractivity contribution in [3.63, 3.8) is 0 Å². The van der Waals surface area contributed by atoms with Gasteiger partial charge in [-0.3, -0.25) is 15.5 Å². The molecule has 0 aliphatic heterocycles. The first-order valence-electron chi connectivity index (χ1n) is 6.22. The summed E-state index contributed by atoms with van der Waals surface area (Å²) in [5, 5.41) is 18.7. The van der Waals surface area contributed by atoms with Crippen LogP contribution in [0.25, 0.3) is 0 Å². The van der Waals surface area contributed by atoms with Crippen LogP contribution in [0.3, 0.4) is 0 Å². The average molecular weight is 388 g/mol. The van der Waals surface area contributed by atoms with Crippen molar-refractivity contribution < 1.29 is 23.8 Å². The number of carbonyl (C=O) groups excluding carboxylic acids is 1. The van der Waals surface area contributed by atoms with E-state index in [0.717, 1.165) is 0 Å². The zero-order chi connectivity index (χ0) is 16.7. The maximum Gasteiger partial charge on any atom is 0.287 e. The number of benzene rings is 1. The molecule has 1 amide bonds. The van der Waals surface area contributed by atoms with Gasteiger partial charge in [-0.05, 0) is 44.4 Å². The number of ether oxygens (including phenoxy) is 1. The van der Waals surface area contributed by atoms with Crippen molar-refractivity contribution in [2.45, 2.75) is 0 Å². The smallest absolute Gasteiger partial charge is 0.287 e. The Labute approximate surface area is 137 Å². The number of rotatable bonds is 7. The van der Waals surface area contributed by atoms with E-state index in [1.54, 1.807) is 0 Å². The lowest BCUT2D eigenvalue weighted by atomic mass is 10.3. The largest absolute Gasteiger partial charge is 0.472 e. The molecule has 1 heterocycles. The Bertz CT molecular complexity index is 709. The van der Waals surface area contributed by atoms with Gasteiger partial charge in [-0.25, -0.2) is 14.0 Å². The standard InChI is InChI=1S/C12H11BrFN5O4/c13-8-5-7(1-2-9(8)14)16-11(17-21)10-12(19-23-18-10)22-4-3-15-6-20/h1-2,5-6,21H,3-4H2,(H,15,20)(H,16,17). The van der Waals surface area contributed by atoms with Crippen LogP contribution in [0, 0.1) is 5.82 Å². The molecular formula is C12H11BrFN5O4. The zero-order valence-corrected chi connectivity index (χ0v) is 13.1. The van der Waals surface area contributed by atoms with Gasteiger partial charge in [0.15, 0.2) is 5.84 Å². The number of hydrogen-bond acceptors (Lipinski definition) is 7. The minimum absolute atomic E-state index is 0.0130. The lowest BCUT2D eigenvalue weighted by molar-refractivity contribution is -0.109. The topological polar surface area (TPSA) is 122 Å². The van der Waals surface area contributed by atoms with Crippen LogP contribution in [0.4, 0.5) is 10.1 Å². The van der Waals surface area contributed by atoms with Gasteiger partial charge in [0.2, 0.25) is 12.1 Å². The highest BCUT2D eigenvalue weighted by Crippen LogP contribution is 2.23. The van der Waals surface area contributed by atoms with Crippen LogP contribution in [-0.4, -0.2) is 40.9 Å². The van der Waals surface area contributed by atoms with E-state index in [9.17, 15) is 14.4 Å². The van der Waals surface area contributed by atoms with E-state index in [0.29, 0.717) is 12.1 Å². The number of aliphatic imine (C=N–C) groups is 1. The number of nitrogens with one attached hydrogen (secondary N) is 2. The summed E-state index contributed by atoms with van der Waals surface area (Å²) in [6, 6.07) is 4.02. The lowest BCUT2D eigenvalue weighted by Crippen LogP contribution is -2.23. The summed E-state index contributed by atoms with van der Waals surface area (Å²) >= 11 is 3.04. The van der Waals surface area contributed by atoms with Crippen LogP contribution >= 0.6 is 15.9 Å². The predicted octanol–water partition coefficient (Wildman–Crippen LogP) is 1.15. The molecule has 122 valence electrons. The van der Waals surface area contributed by atoms with Crippen LogP contribution in [0.2, 0.25) is 0 Å². The molecule has 2 aromatic rings. The molecule has 23 heavy (non-hydrogen) atoms. The fourth-order valence-electron chi connectivity index (χ4n) is 1.50. The van der Waals surface area contributed by atoms with Gasteiger partial charge < -0.3 is 10.1 Å². The summed E-state index contributed by atoms with van der Waals surface area (Å²) in [5.41, 5.74) is 2.21. The van der Waals surface area contributed by atoms with Crippen molar-refractivity contribution in [3.05, 3.63) is 34.2 Å². The minimum atomic E-state index is -0.447. The highest BCUT2D eigenvalue weighted by atomic mass is 79.9. The second-order valence-corrected chi connectivity index (χ2v) is 4.86. The molecular weight excluding hydrogens is 377 g/mol. The highest BCUT2D eigenvalue weighted by Gasteiger charge is 2.18. The van der Waals surface area contributed by atoms with Crippen molar-refractivity contribution in [1.82, 2.24) is 21.1 Å². The molecule has 1 aromatic heterocycles. The summed E-state index contributed by atoms with van der Waals surface area (Å²) in [6.45, 7) is 0.362. The van der Waals surface area contributed by atoms with Crippen LogP contribution in [-0.2, 0) is 4.79 Å². The fourth-order valence-corrected chi connectivity index (χ4v) is 1.87. The van der Waals surface area contributed by atoms with Crippen LogP contribution < -0.4 is 15.5 Å². The van der Waals surface area contributed by atoms with E-state index in [1.165, 1.54) is 18.2 Å². The van der Waals surface area contributed by atoms with Crippen molar-refractivity contribution in [1.29, 1.82) is 0 Å². The number of nitrogens with zero attached hydrogens (tertiary/aromatic N) is 3. The van der Waals surface area contributed by atoms with Gasteiger partial charge in [0.1, 0.15) is 12.4 Å². The molecule has 0 radical (unpaired) electrons. The summed E-state index contributed by atoms with van der Waals surface area (Å²) in [4.78, 5) is 14.2. The normalized spacial score (nSPS) is 11.2. The van der Waals surface area contributed by atoms with E-state index in [1.807, 2.05) is 5.48 Å². The molecule has 0 aliphatic carbocycles. The first kappa shape index (κ1) is 16.8. The van der Waals surface area contributed by atoms with Crippen molar-refractivity contribution in [2.75, 3.05) is 13.2 Å². The van der Waals surface area contributed by atoms with Gasteiger partial charge in [0.25, 0.3) is 5.88 Å². The van der Waals surface area contributed by atoms with E-state index in [4.69, 9.17) is 4.74 Å². The molecule has 11 heteroatoms. The Balaban J connectivity index is 2.20. The van der Waals surface area contributed by atoms with Gasteiger partial charge in [0.05, 0.1) is 16.7 Å². The van der Waals surface area contributed by atoms with E-state index in [-0.39, 0.29) is 35.0 Å². The molecule has 0 fully saturated rings. The number of halogens is 2. The minimum Gasteiger partial charge on any atom is -0.472 e. The van der Waals surface area contributed by atoms with Gasteiger partial charge in [-0.15, -0.1) is 0 Å². The monoisotopic (exact) mass is 387 g/mol. The Hall–Kier alpha value is -2.53. The molecule has 0 saturated heterocycles. The maximum atomic E-state index is 13.2. The van der Waals surface area contributed by atoms with Gasteiger partial charge >= 0.3 is 0 Å². The molecule has 9 nitrogen and oxygen atoms in total. The van der Waals surface area contributed by atoms with E-state index < -0.39 is 5.82 Å². The molecule has 0 bridgehead atoms. The number of amides is 1. The predicted molar refractivity (Wildman–Crippen MR) is 79.1 cm³/mol. The number of hydrogen-bond donors (Lipinski definition) is 3. The summed E-state index contributed by atoms with van der Waals surface area (Å²) in [6.07, 6.45) is 0.528. The van der Waals surface area contributed by atoms with Gasteiger partial charge in [0, 0.05) is 0 Å². The van der Waals surface area contributed by atoms with Crippen LogP contribution in [0.15, 0.2) is 32.3 Å². The molecule has 0 spiro atoms. The number of hydroxylamine groups is 1. The second-order valence-electron chi connectivity index (χ2n) is 4.01. The highest BCUT2D eigenvalue weighted by molar-refractivity contribution is 9.10. The van der Waals surface area contributed by atoms with Crippen molar-refractivity contribution >= 4 is 33.9 Å². The Morgan fingerprint density at radius 2 is 2.35 bits per heavy atom. The molecule has 0 atom stereocenters. The number of carbonyl (C=O) groups is 1. The zero-order valence-electron chi connectivity index (χ0n) is 11.5. The van der Waals surface area contributed by atoms with Crippen LogP contribution in [0.1, 0.15) is 5.69 Å². The number of aromatic nitrogens is 2.